The van der Waals surface area contributed by atoms with Crippen LogP contribution in [0.5, 0.6) is 0 Å². The van der Waals surface area contributed by atoms with Gasteiger partial charge in [-0.1, -0.05) is 26.2 Å². The Morgan fingerprint density at radius 3 is 2.48 bits per heavy atom. The number of amides is 1. The van der Waals surface area contributed by atoms with E-state index >= 15 is 0 Å². The summed E-state index contributed by atoms with van der Waals surface area (Å²) in [6.45, 7) is 3.12. The van der Waals surface area contributed by atoms with Crippen LogP contribution < -0.4 is 5.32 Å². The molecule has 0 bridgehead atoms. The Balaban J connectivity index is 0.00000220. The lowest BCUT2D eigenvalue weighted by Crippen LogP contribution is -2.51. The summed E-state index contributed by atoms with van der Waals surface area (Å²) in [5.74, 6) is -0.287. The fraction of sp³-hybridized carbons (Fsp3) is 0.867. The number of halogens is 1. The average molecular weight is 319 g/mol. The zero-order valence-corrected chi connectivity index (χ0v) is 13.5. The summed E-state index contributed by atoms with van der Waals surface area (Å²) < 4.78 is 0. The van der Waals surface area contributed by atoms with Crippen molar-refractivity contribution in [3.8, 4) is 0 Å². The molecule has 1 aliphatic carbocycles. The monoisotopic (exact) mass is 318 g/mol. The number of carboxylic acid groups (broad SMARTS) is 1. The first-order valence-electron chi connectivity index (χ1n) is 7.84. The van der Waals surface area contributed by atoms with Crippen molar-refractivity contribution in [3.05, 3.63) is 0 Å². The first-order chi connectivity index (χ1) is 9.58. The minimum absolute atomic E-state index is 0. The van der Waals surface area contributed by atoms with Crippen LogP contribution in [0.3, 0.4) is 0 Å². The van der Waals surface area contributed by atoms with Gasteiger partial charge in [0.25, 0.3) is 0 Å². The van der Waals surface area contributed by atoms with E-state index in [9.17, 15) is 14.7 Å². The maximum Gasteiger partial charge on any atom is 0.320 e. The zero-order valence-electron chi connectivity index (χ0n) is 12.7. The first kappa shape index (κ1) is 18.2. The summed E-state index contributed by atoms with van der Waals surface area (Å²) in [5, 5.41) is 12.3. The highest BCUT2D eigenvalue weighted by molar-refractivity contribution is 5.85. The fourth-order valence-electron chi connectivity index (χ4n) is 3.43. The van der Waals surface area contributed by atoms with E-state index in [4.69, 9.17) is 0 Å². The molecule has 0 spiro atoms. The Morgan fingerprint density at radius 1 is 1.14 bits per heavy atom. The van der Waals surface area contributed by atoms with Crippen LogP contribution in [0.25, 0.3) is 0 Å². The van der Waals surface area contributed by atoms with E-state index in [2.05, 4.69) is 12.2 Å². The lowest BCUT2D eigenvalue weighted by Gasteiger charge is -2.34. The van der Waals surface area contributed by atoms with E-state index in [-0.39, 0.29) is 30.9 Å². The molecule has 0 aromatic rings. The van der Waals surface area contributed by atoms with Gasteiger partial charge in [0.05, 0.1) is 6.54 Å². The number of hydrogen-bond acceptors (Lipinski definition) is 3. The highest BCUT2D eigenvalue weighted by Gasteiger charge is 2.30. The third kappa shape index (κ3) is 5.15. The lowest BCUT2D eigenvalue weighted by atomic mass is 9.86. The van der Waals surface area contributed by atoms with Gasteiger partial charge >= 0.3 is 5.97 Å². The maximum absolute atomic E-state index is 12.1. The Hall–Kier alpha value is -0.810. The van der Waals surface area contributed by atoms with Crippen molar-refractivity contribution in [1.29, 1.82) is 0 Å². The zero-order chi connectivity index (χ0) is 14.5. The molecule has 3 unspecified atom stereocenters. The molecule has 0 radical (unpaired) electrons. The van der Waals surface area contributed by atoms with Gasteiger partial charge in [-0.3, -0.25) is 14.5 Å². The molecule has 1 saturated heterocycles. The molecule has 1 saturated carbocycles. The number of aliphatic carboxylic acids is 1. The number of piperidine rings is 1. The standard InChI is InChI=1S/C15H26N2O3.ClH/c1-11-6-2-3-7-12(11)16-14(18)10-17-9-5-4-8-13(17)15(19)20;/h11-13H,2-10H2,1H3,(H,16,18)(H,19,20);1H. The Bertz CT molecular complexity index is 365. The van der Waals surface area contributed by atoms with Crippen molar-refractivity contribution in [1.82, 2.24) is 10.2 Å². The predicted octanol–water partition coefficient (Wildman–Crippen LogP) is 2.04. The summed E-state index contributed by atoms with van der Waals surface area (Å²) in [6.07, 6.45) is 7.23. The molecule has 122 valence electrons. The van der Waals surface area contributed by atoms with Gasteiger partial charge in [-0.25, -0.2) is 0 Å². The smallest absolute Gasteiger partial charge is 0.320 e. The molecule has 5 nitrogen and oxygen atoms in total. The molecule has 2 N–H and O–H groups in total. The third-order valence-electron chi connectivity index (χ3n) is 4.70. The number of likely N-dealkylation sites (tertiary alicyclic amines) is 1. The molecule has 0 aromatic heterocycles. The van der Waals surface area contributed by atoms with Crippen LogP contribution >= 0.6 is 12.4 Å². The summed E-state index contributed by atoms with van der Waals surface area (Å²) in [5.41, 5.74) is 0. The van der Waals surface area contributed by atoms with Crippen LogP contribution in [0.4, 0.5) is 0 Å². The summed E-state index contributed by atoms with van der Waals surface area (Å²) in [7, 11) is 0. The second-order valence-electron chi connectivity index (χ2n) is 6.26. The number of nitrogens with zero attached hydrogens (tertiary/aromatic N) is 1. The second-order valence-corrected chi connectivity index (χ2v) is 6.26. The number of carbonyl (C=O) groups excluding carboxylic acids is 1. The Labute approximate surface area is 132 Å². The minimum Gasteiger partial charge on any atom is -0.480 e. The van der Waals surface area contributed by atoms with E-state index < -0.39 is 12.0 Å². The van der Waals surface area contributed by atoms with Crippen molar-refractivity contribution in [2.24, 2.45) is 5.92 Å². The molecular weight excluding hydrogens is 292 g/mol. The lowest BCUT2D eigenvalue weighted by molar-refractivity contribution is -0.145. The summed E-state index contributed by atoms with van der Waals surface area (Å²) >= 11 is 0. The van der Waals surface area contributed by atoms with Crippen molar-refractivity contribution in [2.45, 2.75) is 64.0 Å². The highest BCUT2D eigenvalue weighted by Crippen LogP contribution is 2.24. The molecule has 1 amide bonds. The third-order valence-corrected chi connectivity index (χ3v) is 4.70. The molecular formula is C15H27ClN2O3. The average Bonchev–Trinajstić information content (AvgIpc) is 2.41. The van der Waals surface area contributed by atoms with Crippen LogP contribution in [0.2, 0.25) is 0 Å². The van der Waals surface area contributed by atoms with Gasteiger partial charge in [0.1, 0.15) is 6.04 Å². The molecule has 2 fully saturated rings. The van der Waals surface area contributed by atoms with Crippen molar-refractivity contribution in [2.75, 3.05) is 13.1 Å². The van der Waals surface area contributed by atoms with Crippen LogP contribution in [0, 0.1) is 5.92 Å². The van der Waals surface area contributed by atoms with Gasteiger partial charge in [0.2, 0.25) is 5.91 Å². The van der Waals surface area contributed by atoms with Crippen molar-refractivity contribution < 1.29 is 14.7 Å². The van der Waals surface area contributed by atoms with E-state index in [1.54, 1.807) is 0 Å². The van der Waals surface area contributed by atoms with Crippen molar-refractivity contribution >= 4 is 24.3 Å². The Morgan fingerprint density at radius 2 is 1.81 bits per heavy atom. The maximum atomic E-state index is 12.1. The molecule has 1 heterocycles. The van der Waals surface area contributed by atoms with Crippen LogP contribution in [-0.2, 0) is 9.59 Å². The second kappa shape index (κ2) is 8.59. The minimum atomic E-state index is -0.802. The quantitative estimate of drug-likeness (QED) is 0.832. The van der Waals surface area contributed by atoms with E-state index in [0.29, 0.717) is 18.9 Å². The molecule has 1 aliphatic heterocycles. The van der Waals surface area contributed by atoms with E-state index in [1.165, 1.54) is 19.3 Å². The predicted molar refractivity (Wildman–Crippen MR) is 83.7 cm³/mol. The van der Waals surface area contributed by atoms with Gasteiger partial charge in [-0.15, -0.1) is 12.4 Å². The number of carboxylic acids is 1. The molecule has 0 aromatic carbocycles. The van der Waals surface area contributed by atoms with Crippen molar-refractivity contribution in [3.63, 3.8) is 0 Å². The molecule has 2 rings (SSSR count). The van der Waals surface area contributed by atoms with Gasteiger partial charge in [-0.2, -0.15) is 0 Å². The van der Waals surface area contributed by atoms with E-state index in [0.717, 1.165) is 19.3 Å². The SMILES string of the molecule is CC1CCCCC1NC(=O)CN1CCCCC1C(=O)O.Cl. The number of hydrogen-bond donors (Lipinski definition) is 2. The normalized spacial score (nSPS) is 30.2. The number of carbonyl (C=O) groups is 2. The number of nitrogens with one attached hydrogen (secondary N) is 1. The Kier molecular flexibility index (Phi) is 7.46. The highest BCUT2D eigenvalue weighted by atomic mass is 35.5. The van der Waals surface area contributed by atoms with Gasteiger partial charge in [0.15, 0.2) is 0 Å². The van der Waals surface area contributed by atoms with Gasteiger partial charge in [-0.05, 0) is 38.1 Å². The van der Waals surface area contributed by atoms with Gasteiger partial charge < -0.3 is 10.4 Å². The number of rotatable bonds is 4. The largest absolute Gasteiger partial charge is 0.480 e. The topological polar surface area (TPSA) is 69.6 Å². The molecule has 3 atom stereocenters. The van der Waals surface area contributed by atoms with Gasteiger partial charge in [0, 0.05) is 6.04 Å². The fourth-order valence-corrected chi connectivity index (χ4v) is 3.43. The molecule has 2 aliphatic rings. The summed E-state index contributed by atoms with van der Waals surface area (Å²) in [6, 6.07) is -0.220. The van der Waals surface area contributed by atoms with E-state index in [1.807, 2.05) is 4.90 Å². The van der Waals surface area contributed by atoms with Crippen LogP contribution in [0.15, 0.2) is 0 Å². The molecule has 6 heteroatoms. The van der Waals surface area contributed by atoms with Crippen LogP contribution in [-0.4, -0.2) is 47.1 Å². The molecule has 21 heavy (non-hydrogen) atoms. The first-order valence-corrected chi connectivity index (χ1v) is 7.84. The summed E-state index contributed by atoms with van der Waals surface area (Å²) in [4.78, 5) is 25.2. The van der Waals surface area contributed by atoms with Crippen LogP contribution in [0.1, 0.15) is 51.9 Å².